The van der Waals surface area contributed by atoms with Gasteiger partial charge in [-0.15, -0.1) is 0 Å². The minimum absolute atomic E-state index is 0.115. The van der Waals surface area contributed by atoms with Crippen LogP contribution in [0.25, 0.3) is 0 Å². The molecule has 0 radical (unpaired) electrons. The smallest absolute Gasteiger partial charge is 0.146 e. The lowest BCUT2D eigenvalue weighted by molar-refractivity contribution is 0.599. The molecular formula is C15H23FN2S. The molecule has 4 heteroatoms. The number of nitrogens with zero attached hydrogens (tertiary/aromatic N) is 1. The van der Waals surface area contributed by atoms with Gasteiger partial charge in [-0.2, -0.15) is 11.8 Å². The molecule has 2 nitrogen and oxygen atoms in total. The number of hydrogen-bond acceptors (Lipinski definition) is 3. The molecule has 1 aliphatic rings. The van der Waals surface area contributed by atoms with Crippen LogP contribution in [0.4, 0.5) is 10.1 Å². The van der Waals surface area contributed by atoms with E-state index in [4.69, 9.17) is 5.73 Å². The zero-order chi connectivity index (χ0) is 13.9. The lowest BCUT2D eigenvalue weighted by Crippen LogP contribution is -2.29. The largest absolute Gasteiger partial charge is 0.368 e. The summed E-state index contributed by atoms with van der Waals surface area (Å²) in [4.78, 5) is 2.20. The van der Waals surface area contributed by atoms with Gasteiger partial charge in [0.25, 0.3) is 0 Å². The first kappa shape index (κ1) is 14.7. The Balaban J connectivity index is 2.25. The van der Waals surface area contributed by atoms with Crippen LogP contribution in [0.2, 0.25) is 0 Å². The van der Waals surface area contributed by atoms with Crippen LogP contribution >= 0.6 is 11.8 Å². The van der Waals surface area contributed by atoms with Crippen molar-refractivity contribution in [3.05, 3.63) is 29.6 Å². The summed E-state index contributed by atoms with van der Waals surface area (Å²) in [7, 11) is 0. The summed E-state index contributed by atoms with van der Waals surface area (Å²) in [6.45, 7) is 6.92. The van der Waals surface area contributed by atoms with Crippen molar-refractivity contribution in [2.75, 3.05) is 30.3 Å². The first-order valence-corrected chi connectivity index (χ1v) is 7.88. The summed E-state index contributed by atoms with van der Waals surface area (Å²) in [5, 5.41) is 0. The van der Waals surface area contributed by atoms with Crippen molar-refractivity contribution in [3.8, 4) is 0 Å². The molecule has 0 atom stereocenters. The molecule has 0 saturated carbocycles. The van der Waals surface area contributed by atoms with Crippen LogP contribution in [-0.4, -0.2) is 30.1 Å². The third kappa shape index (κ3) is 3.63. The highest BCUT2D eigenvalue weighted by atomic mass is 32.2. The number of rotatable bonds is 3. The molecule has 1 aromatic rings. The van der Waals surface area contributed by atoms with E-state index in [9.17, 15) is 4.39 Å². The first-order valence-electron chi connectivity index (χ1n) is 6.90. The van der Waals surface area contributed by atoms with Gasteiger partial charge >= 0.3 is 0 Å². The third-order valence-corrected chi connectivity index (χ3v) is 5.01. The second-order valence-electron chi connectivity index (χ2n) is 5.63. The zero-order valence-electron chi connectivity index (χ0n) is 11.8. The van der Waals surface area contributed by atoms with Gasteiger partial charge < -0.3 is 10.6 Å². The maximum absolute atomic E-state index is 14.2. The van der Waals surface area contributed by atoms with E-state index in [1.807, 2.05) is 17.8 Å². The van der Waals surface area contributed by atoms with Crippen molar-refractivity contribution in [1.82, 2.24) is 0 Å². The number of thioether (sulfide) groups is 1. The van der Waals surface area contributed by atoms with Crippen LogP contribution in [0.3, 0.4) is 0 Å². The summed E-state index contributed by atoms with van der Waals surface area (Å²) < 4.78 is 14.5. The van der Waals surface area contributed by atoms with Gasteiger partial charge in [0.1, 0.15) is 5.82 Å². The fourth-order valence-corrected chi connectivity index (χ4v) is 3.62. The first-order chi connectivity index (χ1) is 9.03. The highest BCUT2D eigenvalue weighted by Gasteiger charge is 2.25. The maximum Gasteiger partial charge on any atom is 0.146 e. The molecule has 0 spiro atoms. The number of halogens is 1. The number of hydrogen-bond donors (Lipinski definition) is 1. The van der Waals surface area contributed by atoms with Gasteiger partial charge in [-0.25, -0.2) is 4.39 Å². The lowest BCUT2D eigenvalue weighted by Gasteiger charge is -2.26. The quantitative estimate of drug-likeness (QED) is 0.924. The van der Waals surface area contributed by atoms with Gasteiger partial charge in [0, 0.05) is 23.6 Å². The summed E-state index contributed by atoms with van der Waals surface area (Å²) in [6, 6.07) is 5.33. The molecule has 1 saturated heterocycles. The van der Waals surface area contributed by atoms with Crippen LogP contribution in [0.1, 0.15) is 25.8 Å². The predicted octanol–water partition coefficient (Wildman–Crippen LogP) is 3.05. The normalized spacial score (nSPS) is 19.3. The average molecular weight is 282 g/mol. The molecule has 0 amide bonds. The predicted molar refractivity (Wildman–Crippen MR) is 82.5 cm³/mol. The monoisotopic (exact) mass is 282 g/mol. The Labute approximate surface area is 119 Å². The number of anilines is 1. The molecule has 1 aliphatic heterocycles. The van der Waals surface area contributed by atoms with Gasteiger partial charge in [0.15, 0.2) is 0 Å². The van der Waals surface area contributed by atoms with E-state index in [2.05, 4.69) is 18.7 Å². The molecule has 0 aliphatic carbocycles. The molecule has 1 aromatic carbocycles. The molecular weight excluding hydrogens is 259 g/mol. The van der Waals surface area contributed by atoms with E-state index < -0.39 is 0 Å². The van der Waals surface area contributed by atoms with E-state index in [0.717, 1.165) is 42.9 Å². The highest BCUT2D eigenvalue weighted by Crippen LogP contribution is 2.34. The number of benzene rings is 1. The molecule has 106 valence electrons. The number of para-hydroxylation sites is 1. The van der Waals surface area contributed by atoms with Gasteiger partial charge in [0.2, 0.25) is 0 Å². The van der Waals surface area contributed by atoms with Gasteiger partial charge in [-0.1, -0.05) is 26.0 Å². The fourth-order valence-electron chi connectivity index (χ4n) is 2.52. The van der Waals surface area contributed by atoms with E-state index in [-0.39, 0.29) is 10.6 Å². The Morgan fingerprint density at radius 2 is 2.16 bits per heavy atom. The lowest BCUT2D eigenvalue weighted by atomic mass is 10.1. The Bertz CT molecular complexity index is 434. The van der Waals surface area contributed by atoms with Crippen molar-refractivity contribution in [3.63, 3.8) is 0 Å². The molecule has 0 aromatic heterocycles. The second-order valence-corrected chi connectivity index (χ2v) is 7.43. The van der Waals surface area contributed by atoms with E-state index in [0.29, 0.717) is 6.54 Å². The van der Waals surface area contributed by atoms with Gasteiger partial charge in [-0.3, -0.25) is 0 Å². The van der Waals surface area contributed by atoms with E-state index in [1.54, 1.807) is 12.1 Å². The van der Waals surface area contributed by atoms with Crippen LogP contribution in [0, 0.1) is 5.82 Å². The third-order valence-electron chi connectivity index (χ3n) is 3.64. The molecule has 0 unspecified atom stereocenters. The minimum atomic E-state index is -0.115. The average Bonchev–Trinajstić information content (AvgIpc) is 2.51. The Morgan fingerprint density at radius 1 is 1.37 bits per heavy atom. The summed E-state index contributed by atoms with van der Waals surface area (Å²) in [5.41, 5.74) is 7.44. The fraction of sp³-hybridized carbons (Fsp3) is 0.600. The highest BCUT2D eigenvalue weighted by molar-refractivity contribution is 8.00. The molecule has 1 heterocycles. The number of nitrogens with two attached hydrogens (primary N) is 1. The zero-order valence-corrected chi connectivity index (χ0v) is 12.6. The maximum atomic E-state index is 14.2. The van der Waals surface area contributed by atoms with Crippen LogP contribution < -0.4 is 10.6 Å². The second kappa shape index (κ2) is 6.14. The van der Waals surface area contributed by atoms with Crippen molar-refractivity contribution in [2.24, 2.45) is 5.73 Å². The minimum Gasteiger partial charge on any atom is -0.368 e. The Morgan fingerprint density at radius 3 is 2.89 bits per heavy atom. The van der Waals surface area contributed by atoms with Crippen LogP contribution in [0.15, 0.2) is 18.2 Å². The molecule has 2 rings (SSSR count). The van der Waals surface area contributed by atoms with Crippen molar-refractivity contribution < 1.29 is 4.39 Å². The van der Waals surface area contributed by atoms with E-state index in [1.165, 1.54) is 0 Å². The summed E-state index contributed by atoms with van der Waals surface area (Å²) in [5.74, 6) is 0.930. The van der Waals surface area contributed by atoms with Crippen LogP contribution in [0.5, 0.6) is 0 Å². The standard InChI is InChI=1S/C15H23FN2S/c1-15(2)7-9-18(10-11-19-15)14-12(6-8-17)4-3-5-13(14)16/h3-5H,6-11,17H2,1-2H3. The Hall–Kier alpha value is -0.740. The molecule has 0 bridgehead atoms. The summed E-state index contributed by atoms with van der Waals surface area (Å²) >= 11 is 1.98. The van der Waals surface area contributed by atoms with Crippen molar-refractivity contribution in [1.29, 1.82) is 0 Å². The van der Waals surface area contributed by atoms with Gasteiger partial charge in [0.05, 0.1) is 5.69 Å². The van der Waals surface area contributed by atoms with Crippen molar-refractivity contribution in [2.45, 2.75) is 31.4 Å². The molecule has 19 heavy (non-hydrogen) atoms. The molecule has 1 fully saturated rings. The van der Waals surface area contributed by atoms with Crippen LogP contribution in [-0.2, 0) is 6.42 Å². The Kier molecular flexibility index (Phi) is 4.74. The summed E-state index contributed by atoms with van der Waals surface area (Å²) in [6.07, 6.45) is 1.81. The topological polar surface area (TPSA) is 29.3 Å². The SMILES string of the molecule is CC1(C)CCN(c2c(F)cccc2CCN)CCS1. The van der Waals surface area contributed by atoms with E-state index >= 15 is 0 Å². The van der Waals surface area contributed by atoms with Crippen molar-refractivity contribution >= 4 is 17.4 Å². The van der Waals surface area contributed by atoms with Gasteiger partial charge in [-0.05, 0) is 31.0 Å². The molecule has 2 N–H and O–H groups in total.